The van der Waals surface area contributed by atoms with Crippen molar-refractivity contribution in [2.45, 2.75) is 0 Å². The molecular weight excluding hydrogens is 220 g/mol. The first-order valence-corrected chi connectivity index (χ1v) is 5.03. The molecule has 17 heavy (non-hydrogen) atoms. The zero-order valence-electron chi connectivity index (χ0n) is 8.65. The fourth-order valence-electron chi connectivity index (χ4n) is 2.01. The second-order valence-electron chi connectivity index (χ2n) is 3.76. The lowest BCUT2D eigenvalue weighted by atomic mass is 10.1. The van der Waals surface area contributed by atoms with Crippen molar-refractivity contribution in [3.8, 4) is 0 Å². The molecule has 0 saturated heterocycles. The highest BCUT2D eigenvalue weighted by molar-refractivity contribution is 6.06. The van der Waals surface area contributed by atoms with Gasteiger partial charge in [-0.1, -0.05) is 0 Å². The van der Waals surface area contributed by atoms with E-state index < -0.39 is 11.4 Å². The molecule has 0 radical (unpaired) electrons. The van der Waals surface area contributed by atoms with E-state index in [0.717, 1.165) is 10.9 Å². The van der Waals surface area contributed by atoms with Crippen molar-refractivity contribution in [1.29, 1.82) is 0 Å². The van der Waals surface area contributed by atoms with Crippen LogP contribution in [0.15, 0.2) is 35.4 Å². The summed E-state index contributed by atoms with van der Waals surface area (Å²) in [5.74, 6) is -1.22. The molecular formula is C12H8N2O3. The second kappa shape index (κ2) is 3.21. The van der Waals surface area contributed by atoms with Crippen LogP contribution in [0.4, 0.5) is 0 Å². The Hall–Kier alpha value is -2.56. The molecule has 0 atom stereocenters. The lowest BCUT2D eigenvalue weighted by molar-refractivity contribution is 0.0695. The molecule has 0 aliphatic carbocycles. The minimum Gasteiger partial charge on any atom is -0.477 e. The number of hydrogen-bond donors (Lipinski definition) is 3. The number of aromatic nitrogens is 2. The van der Waals surface area contributed by atoms with Crippen molar-refractivity contribution in [3.63, 3.8) is 0 Å². The van der Waals surface area contributed by atoms with Gasteiger partial charge in [-0.25, -0.2) is 4.79 Å². The summed E-state index contributed by atoms with van der Waals surface area (Å²) < 4.78 is 0. The maximum absolute atomic E-state index is 12.1. The van der Waals surface area contributed by atoms with Gasteiger partial charge in [-0.2, -0.15) is 0 Å². The van der Waals surface area contributed by atoms with Gasteiger partial charge in [0, 0.05) is 23.3 Å². The van der Waals surface area contributed by atoms with Gasteiger partial charge in [-0.15, -0.1) is 0 Å². The van der Waals surface area contributed by atoms with Gasteiger partial charge in [0.15, 0.2) is 0 Å². The zero-order valence-corrected chi connectivity index (χ0v) is 8.65. The first kappa shape index (κ1) is 9.65. The molecule has 0 aliphatic heterocycles. The van der Waals surface area contributed by atoms with E-state index >= 15 is 0 Å². The number of nitrogens with one attached hydrogen (secondary N) is 2. The van der Waals surface area contributed by atoms with E-state index in [4.69, 9.17) is 5.11 Å². The lowest BCUT2D eigenvalue weighted by Crippen LogP contribution is -2.15. The SMILES string of the molecule is O=C(O)c1c[nH]c2ccc3[nH]ccc3c2c1=O. The fourth-order valence-corrected chi connectivity index (χ4v) is 2.01. The highest BCUT2D eigenvalue weighted by Gasteiger charge is 2.13. The van der Waals surface area contributed by atoms with Crippen LogP contribution in [0, 0.1) is 0 Å². The molecule has 0 amide bonds. The Kier molecular flexibility index (Phi) is 1.82. The molecule has 2 aromatic heterocycles. The molecule has 0 bridgehead atoms. The van der Waals surface area contributed by atoms with E-state index in [1.807, 2.05) is 6.07 Å². The number of H-pyrrole nitrogens is 2. The Morgan fingerprint density at radius 1 is 1.12 bits per heavy atom. The molecule has 5 nitrogen and oxygen atoms in total. The topological polar surface area (TPSA) is 85.9 Å². The standard InChI is InChI=1S/C12H8N2O3/c15-11-7(12(16)17)5-14-9-2-1-8-6(10(9)11)3-4-13-8/h1-5,13H,(H,14,15)(H,16,17). The summed E-state index contributed by atoms with van der Waals surface area (Å²) in [6, 6.07) is 5.35. The monoisotopic (exact) mass is 228 g/mol. The molecule has 84 valence electrons. The van der Waals surface area contributed by atoms with E-state index in [1.54, 1.807) is 18.3 Å². The molecule has 0 unspecified atom stereocenters. The van der Waals surface area contributed by atoms with Crippen molar-refractivity contribution in [2.24, 2.45) is 0 Å². The minimum absolute atomic E-state index is 0.244. The van der Waals surface area contributed by atoms with Crippen LogP contribution in [0.1, 0.15) is 10.4 Å². The molecule has 0 spiro atoms. The molecule has 3 aromatic rings. The van der Waals surface area contributed by atoms with Crippen LogP contribution < -0.4 is 5.43 Å². The van der Waals surface area contributed by atoms with Crippen LogP contribution in [0.5, 0.6) is 0 Å². The largest absolute Gasteiger partial charge is 0.477 e. The molecule has 1 aromatic carbocycles. The maximum Gasteiger partial charge on any atom is 0.341 e. The predicted octanol–water partition coefficient (Wildman–Crippen LogP) is 1.71. The van der Waals surface area contributed by atoms with Gasteiger partial charge in [0.05, 0.1) is 10.9 Å². The van der Waals surface area contributed by atoms with Crippen LogP contribution in [0.2, 0.25) is 0 Å². The van der Waals surface area contributed by atoms with Crippen molar-refractivity contribution in [2.75, 3.05) is 0 Å². The number of fused-ring (bicyclic) bond motifs is 3. The second-order valence-corrected chi connectivity index (χ2v) is 3.76. The summed E-state index contributed by atoms with van der Waals surface area (Å²) in [5, 5.41) is 10.1. The Morgan fingerprint density at radius 3 is 2.65 bits per heavy atom. The maximum atomic E-state index is 12.1. The number of hydrogen-bond acceptors (Lipinski definition) is 2. The number of carbonyl (C=O) groups is 1. The molecule has 3 N–H and O–H groups in total. The molecule has 0 aliphatic rings. The van der Waals surface area contributed by atoms with Crippen molar-refractivity contribution in [1.82, 2.24) is 9.97 Å². The quantitative estimate of drug-likeness (QED) is 0.592. The Balaban J connectivity index is 2.60. The zero-order chi connectivity index (χ0) is 12.0. The van der Waals surface area contributed by atoms with Crippen molar-refractivity contribution in [3.05, 3.63) is 46.4 Å². The van der Waals surface area contributed by atoms with Crippen LogP contribution in [0.25, 0.3) is 21.8 Å². The van der Waals surface area contributed by atoms with Gasteiger partial charge in [0.1, 0.15) is 5.56 Å². The van der Waals surface area contributed by atoms with Gasteiger partial charge in [-0.3, -0.25) is 4.79 Å². The Labute approximate surface area is 94.7 Å². The number of carboxylic acids is 1. The van der Waals surface area contributed by atoms with Gasteiger partial charge < -0.3 is 15.1 Å². The van der Waals surface area contributed by atoms with Crippen LogP contribution in [0.3, 0.4) is 0 Å². The van der Waals surface area contributed by atoms with E-state index in [2.05, 4.69) is 9.97 Å². The average molecular weight is 228 g/mol. The lowest BCUT2D eigenvalue weighted by Gasteiger charge is -2.01. The normalized spacial score (nSPS) is 11.1. The van der Waals surface area contributed by atoms with Crippen LogP contribution in [-0.2, 0) is 0 Å². The number of pyridine rings is 1. The average Bonchev–Trinajstić information content (AvgIpc) is 2.76. The molecule has 3 rings (SSSR count). The first-order chi connectivity index (χ1) is 8.18. The highest BCUT2D eigenvalue weighted by Crippen LogP contribution is 2.20. The third-order valence-corrected chi connectivity index (χ3v) is 2.81. The molecule has 0 fully saturated rings. The summed E-state index contributed by atoms with van der Waals surface area (Å²) in [6.45, 7) is 0. The van der Waals surface area contributed by atoms with E-state index in [-0.39, 0.29) is 5.56 Å². The van der Waals surface area contributed by atoms with Gasteiger partial charge in [-0.05, 0) is 18.2 Å². The molecule has 0 saturated carbocycles. The Bertz CT molecular complexity index is 798. The number of aromatic amines is 2. The first-order valence-electron chi connectivity index (χ1n) is 5.03. The van der Waals surface area contributed by atoms with E-state index in [0.29, 0.717) is 10.9 Å². The summed E-state index contributed by atoms with van der Waals surface area (Å²) in [6.07, 6.45) is 2.95. The molecule has 2 heterocycles. The van der Waals surface area contributed by atoms with E-state index in [1.165, 1.54) is 6.20 Å². The number of benzene rings is 1. The molecule has 5 heteroatoms. The highest BCUT2D eigenvalue weighted by atomic mass is 16.4. The van der Waals surface area contributed by atoms with Crippen molar-refractivity contribution < 1.29 is 9.90 Å². The number of carboxylic acid groups (broad SMARTS) is 1. The summed E-state index contributed by atoms with van der Waals surface area (Å²) in [7, 11) is 0. The fraction of sp³-hybridized carbons (Fsp3) is 0. The van der Waals surface area contributed by atoms with Gasteiger partial charge >= 0.3 is 5.97 Å². The minimum atomic E-state index is -1.22. The van der Waals surface area contributed by atoms with Gasteiger partial charge in [0.25, 0.3) is 0 Å². The van der Waals surface area contributed by atoms with Gasteiger partial charge in [0.2, 0.25) is 5.43 Å². The third-order valence-electron chi connectivity index (χ3n) is 2.81. The van der Waals surface area contributed by atoms with Crippen LogP contribution in [-0.4, -0.2) is 21.0 Å². The van der Waals surface area contributed by atoms with E-state index in [9.17, 15) is 9.59 Å². The summed E-state index contributed by atoms with van der Waals surface area (Å²) in [5.41, 5.74) is 0.736. The van der Waals surface area contributed by atoms with Crippen molar-refractivity contribution >= 4 is 27.8 Å². The Morgan fingerprint density at radius 2 is 1.88 bits per heavy atom. The predicted molar refractivity (Wildman–Crippen MR) is 63.4 cm³/mol. The smallest absolute Gasteiger partial charge is 0.341 e. The third kappa shape index (κ3) is 1.25. The number of aromatic carboxylic acids is 1. The summed E-state index contributed by atoms with van der Waals surface area (Å²) >= 11 is 0. The summed E-state index contributed by atoms with van der Waals surface area (Å²) in [4.78, 5) is 28.8. The number of rotatable bonds is 1. The van der Waals surface area contributed by atoms with Crippen LogP contribution >= 0.6 is 0 Å².